The standard InChI is InChI=1S/C21H26N4O/c1-17-4-2-5-19(23-17)14-24-12-3-8-21(15-24)9-13-25(16-21)20(26)18-6-10-22-11-7-18/h2,4-7,10-11H,3,8-9,12-16H2,1H3/t21-/m0/s1. The number of rotatable bonds is 3. The molecule has 0 unspecified atom stereocenters. The first-order chi connectivity index (χ1) is 12.6. The Labute approximate surface area is 155 Å². The van der Waals surface area contributed by atoms with Crippen LogP contribution in [0.3, 0.4) is 0 Å². The predicted molar refractivity (Wildman–Crippen MR) is 101 cm³/mol. The minimum Gasteiger partial charge on any atom is -0.338 e. The Bertz CT molecular complexity index is 779. The molecule has 2 saturated heterocycles. The van der Waals surface area contributed by atoms with E-state index in [1.165, 1.54) is 12.8 Å². The first-order valence-corrected chi connectivity index (χ1v) is 9.48. The van der Waals surface area contributed by atoms with Gasteiger partial charge in [-0.25, -0.2) is 0 Å². The Morgan fingerprint density at radius 1 is 1.12 bits per heavy atom. The van der Waals surface area contributed by atoms with Gasteiger partial charge in [-0.3, -0.25) is 19.7 Å². The second-order valence-corrected chi connectivity index (χ2v) is 7.80. The zero-order valence-electron chi connectivity index (χ0n) is 15.4. The fourth-order valence-electron chi connectivity index (χ4n) is 4.48. The lowest BCUT2D eigenvalue weighted by Gasteiger charge is -2.40. The molecule has 2 aromatic heterocycles. The van der Waals surface area contributed by atoms with Crippen LogP contribution in [0.4, 0.5) is 0 Å². The van der Waals surface area contributed by atoms with Crippen molar-refractivity contribution in [3.05, 3.63) is 59.7 Å². The van der Waals surface area contributed by atoms with E-state index in [0.29, 0.717) is 0 Å². The molecule has 2 fully saturated rings. The molecule has 2 aliphatic heterocycles. The summed E-state index contributed by atoms with van der Waals surface area (Å²) in [6.07, 6.45) is 6.89. The van der Waals surface area contributed by atoms with Gasteiger partial charge in [-0.15, -0.1) is 0 Å². The van der Waals surface area contributed by atoms with E-state index in [1.54, 1.807) is 12.4 Å². The summed E-state index contributed by atoms with van der Waals surface area (Å²) in [7, 11) is 0. The topological polar surface area (TPSA) is 49.3 Å². The second-order valence-electron chi connectivity index (χ2n) is 7.80. The Kier molecular flexibility index (Phi) is 4.72. The van der Waals surface area contributed by atoms with Gasteiger partial charge in [0.2, 0.25) is 0 Å². The minimum atomic E-state index is 0.141. The third-order valence-electron chi connectivity index (χ3n) is 5.72. The van der Waals surface area contributed by atoms with E-state index in [0.717, 1.165) is 56.1 Å². The molecule has 1 amide bonds. The quantitative estimate of drug-likeness (QED) is 0.854. The van der Waals surface area contributed by atoms with Crippen LogP contribution in [0.2, 0.25) is 0 Å². The minimum absolute atomic E-state index is 0.141. The van der Waals surface area contributed by atoms with Crippen molar-refractivity contribution in [3.63, 3.8) is 0 Å². The van der Waals surface area contributed by atoms with Crippen LogP contribution >= 0.6 is 0 Å². The van der Waals surface area contributed by atoms with Crippen molar-refractivity contribution >= 4 is 5.91 Å². The summed E-state index contributed by atoms with van der Waals surface area (Å²) < 4.78 is 0. The van der Waals surface area contributed by atoms with Crippen LogP contribution in [-0.4, -0.2) is 51.9 Å². The number of nitrogens with zero attached hydrogens (tertiary/aromatic N) is 4. The molecule has 26 heavy (non-hydrogen) atoms. The van der Waals surface area contributed by atoms with E-state index in [4.69, 9.17) is 0 Å². The second kappa shape index (κ2) is 7.16. The van der Waals surface area contributed by atoms with Crippen molar-refractivity contribution in [2.45, 2.75) is 32.7 Å². The molecular weight excluding hydrogens is 324 g/mol. The highest BCUT2D eigenvalue weighted by Crippen LogP contribution is 2.39. The summed E-state index contributed by atoms with van der Waals surface area (Å²) in [6, 6.07) is 9.86. The summed E-state index contributed by atoms with van der Waals surface area (Å²) in [5, 5.41) is 0. The van der Waals surface area contributed by atoms with Gasteiger partial charge in [-0.1, -0.05) is 6.07 Å². The van der Waals surface area contributed by atoms with Crippen molar-refractivity contribution in [2.75, 3.05) is 26.2 Å². The molecule has 4 rings (SSSR count). The van der Waals surface area contributed by atoms with E-state index in [-0.39, 0.29) is 11.3 Å². The van der Waals surface area contributed by atoms with Gasteiger partial charge in [-0.05, 0) is 57.0 Å². The van der Waals surface area contributed by atoms with Crippen LogP contribution in [0, 0.1) is 12.3 Å². The van der Waals surface area contributed by atoms with Gasteiger partial charge < -0.3 is 4.90 Å². The van der Waals surface area contributed by atoms with Gasteiger partial charge in [0.15, 0.2) is 0 Å². The fourth-order valence-corrected chi connectivity index (χ4v) is 4.48. The monoisotopic (exact) mass is 350 g/mol. The SMILES string of the molecule is Cc1cccc(CN2CCC[C@]3(CCN(C(=O)c4ccncc4)C3)C2)n1. The molecule has 0 aliphatic carbocycles. The van der Waals surface area contributed by atoms with Crippen molar-refractivity contribution < 1.29 is 4.79 Å². The normalized spacial score (nSPS) is 23.5. The largest absolute Gasteiger partial charge is 0.338 e. The highest BCUT2D eigenvalue weighted by atomic mass is 16.2. The average Bonchev–Trinajstić information content (AvgIpc) is 3.05. The molecule has 0 radical (unpaired) electrons. The van der Waals surface area contributed by atoms with Crippen molar-refractivity contribution in [3.8, 4) is 0 Å². The number of hydrogen-bond donors (Lipinski definition) is 0. The van der Waals surface area contributed by atoms with E-state index in [2.05, 4.69) is 27.0 Å². The number of likely N-dealkylation sites (tertiary alicyclic amines) is 2. The van der Waals surface area contributed by atoms with Gasteiger partial charge in [-0.2, -0.15) is 0 Å². The molecular formula is C21H26N4O. The smallest absolute Gasteiger partial charge is 0.253 e. The molecule has 1 atom stereocenters. The highest BCUT2D eigenvalue weighted by molar-refractivity contribution is 5.94. The first-order valence-electron chi connectivity index (χ1n) is 9.48. The Hall–Kier alpha value is -2.27. The zero-order chi connectivity index (χ0) is 18.0. The molecule has 0 N–H and O–H groups in total. The lowest BCUT2D eigenvalue weighted by atomic mass is 9.79. The number of piperidine rings is 1. The van der Waals surface area contributed by atoms with E-state index < -0.39 is 0 Å². The van der Waals surface area contributed by atoms with Gasteiger partial charge in [0.25, 0.3) is 5.91 Å². The van der Waals surface area contributed by atoms with Crippen molar-refractivity contribution in [2.24, 2.45) is 5.41 Å². The Morgan fingerprint density at radius 3 is 2.77 bits per heavy atom. The van der Waals surface area contributed by atoms with Crippen molar-refractivity contribution in [1.29, 1.82) is 0 Å². The molecule has 136 valence electrons. The van der Waals surface area contributed by atoms with Crippen LogP contribution in [-0.2, 0) is 6.54 Å². The fraction of sp³-hybridized carbons (Fsp3) is 0.476. The van der Waals surface area contributed by atoms with Crippen LogP contribution in [0.1, 0.15) is 41.0 Å². The Morgan fingerprint density at radius 2 is 1.96 bits per heavy atom. The third kappa shape index (κ3) is 3.63. The summed E-state index contributed by atoms with van der Waals surface area (Å²) in [4.78, 5) is 26.0. The molecule has 0 saturated carbocycles. The van der Waals surface area contributed by atoms with E-state index >= 15 is 0 Å². The molecule has 2 aromatic rings. The van der Waals surface area contributed by atoms with Gasteiger partial charge in [0, 0.05) is 55.2 Å². The molecule has 5 heteroatoms. The first kappa shape index (κ1) is 17.2. The predicted octanol–water partition coefficient (Wildman–Crippen LogP) is 2.91. The van der Waals surface area contributed by atoms with Gasteiger partial charge in [0.05, 0.1) is 5.69 Å². The molecule has 5 nitrogen and oxygen atoms in total. The van der Waals surface area contributed by atoms with Gasteiger partial charge >= 0.3 is 0 Å². The number of pyridine rings is 2. The number of hydrogen-bond acceptors (Lipinski definition) is 4. The lowest BCUT2D eigenvalue weighted by molar-refractivity contribution is 0.0672. The van der Waals surface area contributed by atoms with Crippen LogP contribution < -0.4 is 0 Å². The van der Waals surface area contributed by atoms with Crippen molar-refractivity contribution in [1.82, 2.24) is 19.8 Å². The summed E-state index contributed by atoms with van der Waals surface area (Å²) in [5.74, 6) is 0.141. The number of carbonyl (C=O) groups excluding carboxylic acids is 1. The maximum Gasteiger partial charge on any atom is 0.253 e. The van der Waals surface area contributed by atoms with Crippen LogP contribution in [0.15, 0.2) is 42.7 Å². The highest BCUT2D eigenvalue weighted by Gasteiger charge is 2.42. The summed E-state index contributed by atoms with van der Waals surface area (Å²) in [5.41, 5.74) is 3.20. The molecule has 4 heterocycles. The number of amides is 1. The summed E-state index contributed by atoms with van der Waals surface area (Å²) >= 11 is 0. The number of aromatic nitrogens is 2. The third-order valence-corrected chi connectivity index (χ3v) is 5.72. The number of carbonyl (C=O) groups is 1. The Balaban J connectivity index is 1.42. The zero-order valence-corrected chi connectivity index (χ0v) is 15.4. The maximum atomic E-state index is 12.8. The average molecular weight is 350 g/mol. The number of aryl methyl sites for hydroxylation is 1. The van der Waals surface area contributed by atoms with Crippen LogP contribution in [0.25, 0.3) is 0 Å². The molecule has 1 spiro atoms. The summed E-state index contributed by atoms with van der Waals surface area (Å²) in [6.45, 7) is 6.85. The molecule has 0 aromatic carbocycles. The van der Waals surface area contributed by atoms with E-state index in [9.17, 15) is 4.79 Å². The maximum absolute atomic E-state index is 12.8. The van der Waals surface area contributed by atoms with Crippen LogP contribution in [0.5, 0.6) is 0 Å². The van der Waals surface area contributed by atoms with Gasteiger partial charge in [0.1, 0.15) is 0 Å². The molecule has 0 bridgehead atoms. The lowest BCUT2D eigenvalue weighted by Crippen LogP contribution is -2.45. The molecule has 2 aliphatic rings. The van der Waals surface area contributed by atoms with E-state index in [1.807, 2.05) is 30.0 Å².